The second-order valence-corrected chi connectivity index (χ2v) is 3.94. The Hall–Kier alpha value is -1.77. The first-order valence-electron chi connectivity index (χ1n) is 5.14. The van der Waals surface area contributed by atoms with Gasteiger partial charge in [0.05, 0.1) is 12.7 Å². The van der Waals surface area contributed by atoms with Gasteiger partial charge in [0.25, 0.3) is 0 Å². The Bertz CT molecular complexity index is 449. The van der Waals surface area contributed by atoms with Gasteiger partial charge in [-0.15, -0.1) is 0 Å². The van der Waals surface area contributed by atoms with Gasteiger partial charge < -0.3 is 9.47 Å². The van der Waals surface area contributed by atoms with Gasteiger partial charge in [0.2, 0.25) is 0 Å². The number of aldehydes is 1. The minimum absolute atomic E-state index is 0.0509. The summed E-state index contributed by atoms with van der Waals surface area (Å²) in [5, 5.41) is 0. The zero-order valence-electron chi connectivity index (χ0n) is 9.45. The third-order valence-electron chi connectivity index (χ3n) is 2.79. The lowest BCUT2D eigenvalue weighted by molar-refractivity contribution is 0.111. The first-order valence-corrected chi connectivity index (χ1v) is 5.14. The molecular formula is C13H14O3. The van der Waals surface area contributed by atoms with E-state index in [9.17, 15) is 4.79 Å². The second kappa shape index (κ2) is 4.00. The van der Waals surface area contributed by atoms with E-state index in [1.165, 1.54) is 0 Å². The van der Waals surface area contributed by atoms with E-state index in [1.807, 2.05) is 6.92 Å². The van der Waals surface area contributed by atoms with Crippen LogP contribution in [-0.2, 0) is 6.42 Å². The lowest BCUT2D eigenvalue weighted by Crippen LogP contribution is -2.13. The van der Waals surface area contributed by atoms with Crippen molar-refractivity contribution in [3.8, 4) is 11.5 Å². The highest BCUT2D eigenvalue weighted by Crippen LogP contribution is 2.39. The number of fused-ring (bicyclic) bond motifs is 1. The zero-order chi connectivity index (χ0) is 11.7. The smallest absolute Gasteiger partial charge is 0.153 e. The highest BCUT2D eigenvalue weighted by atomic mass is 16.5. The molecular weight excluding hydrogens is 204 g/mol. The number of carbonyl (C=O) groups is 1. The Kier molecular flexibility index (Phi) is 2.69. The maximum atomic E-state index is 10.9. The molecule has 1 aliphatic heterocycles. The topological polar surface area (TPSA) is 35.5 Å². The van der Waals surface area contributed by atoms with Crippen LogP contribution in [0, 0.1) is 0 Å². The lowest BCUT2D eigenvalue weighted by atomic mass is 10.0. The van der Waals surface area contributed by atoms with Crippen molar-refractivity contribution in [1.29, 1.82) is 0 Å². The molecule has 16 heavy (non-hydrogen) atoms. The lowest BCUT2D eigenvalue weighted by Gasteiger charge is -2.10. The molecule has 1 aromatic carbocycles. The van der Waals surface area contributed by atoms with Crippen LogP contribution < -0.4 is 9.47 Å². The Labute approximate surface area is 94.7 Å². The normalized spacial score (nSPS) is 17.5. The molecule has 0 radical (unpaired) electrons. The SMILES string of the molecule is C=C(C)C1Cc2c(OC)ccc(C=O)c2O1. The van der Waals surface area contributed by atoms with Gasteiger partial charge in [-0.05, 0) is 24.6 Å². The molecule has 0 spiro atoms. The average molecular weight is 218 g/mol. The number of hydrogen-bond donors (Lipinski definition) is 0. The van der Waals surface area contributed by atoms with Crippen LogP contribution in [0.3, 0.4) is 0 Å². The summed E-state index contributed by atoms with van der Waals surface area (Å²) in [6.07, 6.45) is 1.47. The maximum absolute atomic E-state index is 10.9. The van der Waals surface area contributed by atoms with Crippen LogP contribution in [-0.4, -0.2) is 19.5 Å². The minimum Gasteiger partial charge on any atom is -0.496 e. The van der Waals surface area contributed by atoms with Gasteiger partial charge in [-0.25, -0.2) is 0 Å². The maximum Gasteiger partial charge on any atom is 0.153 e. The van der Waals surface area contributed by atoms with Crippen molar-refractivity contribution in [2.24, 2.45) is 0 Å². The largest absolute Gasteiger partial charge is 0.496 e. The Morgan fingerprint density at radius 3 is 2.94 bits per heavy atom. The van der Waals surface area contributed by atoms with Crippen LogP contribution in [0.4, 0.5) is 0 Å². The number of methoxy groups -OCH3 is 1. The summed E-state index contributed by atoms with van der Waals surface area (Å²) in [6, 6.07) is 3.51. The average Bonchev–Trinajstić information content (AvgIpc) is 2.72. The van der Waals surface area contributed by atoms with Crippen molar-refractivity contribution in [2.75, 3.05) is 7.11 Å². The Morgan fingerprint density at radius 1 is 1.62 bits per heavy atom. The first kappa shape index (κ1) is 10.7. The number of ether oxygens (including phenoxy) is 2. The summed E-state index contributed by atoms with van der Waals surface area (Å²) in [4.78, 5) is 10.9. The summed E-state index contributed by atoms with van der Waals surface area (Å²) in [7, 11) is 1.62. The van der Waals surface area contributed by atoms with E-state index in [0.29, 0.717) is 11.3 Å². The molecule has 3 nitrogen and oxygen atoms in total. The molecule has 3 heteroatoms. The second-order valence-electron chi connectivity index (χ2n) is 3.94. The van der Waals surface area contributed by atoms with E-state index >= 15 is 0 Å². The molecule has 84 valence electrons. The molecule has 0 amide bonds. The summed E-state index contributed by atoms with van der Waals surface area (Å²) < 4.78 is 11.0. The van der Waals surface area contributed by atoms with E-state index in [4.69, 9.17) is 9.47 Å². The van der Waals surface area contributed by atoms with Gasteiger partial charge in [0.15, 0.2) is 6.29 Å². The number of hydrogen-bond acceptors (Lipinski definition) is 3. The molecule has 0 saturated heterocycles. The molecule has 1 unspecified atom stereocenters. The van der Waals surface area contributed by atoms with E-state index in [2.05, 4.69) is 6.58 Å². The quantitative estimate of drug-likeness (QED) is 0.577. The van der Waals surface area contributed by atoms with Crippen LogP contribution in [0.2, 0.25) is 0 Å². The molecule has 0 N–H and O–H groups in total. The molecule has 0 aromatic heterocycles. The number of benzene rings is 1. The van der Waals surface area contributed by atoms with E-state index in [1.54, 1.807) is 19.2 Å². The standard InChI is InChI=1S/C13H14O3/c1-8(2)12-6-10-11(15-3)5-4-9(7-14)13(10)16-12/h4-5,7,12H,1,6H2,2-3H3. The van der Waals surface area contributed by atoms with Crippen LogP contribution in [0.25, 0.3) is 0 Å². The third-order valence-corrected chi connectivity index (χ3v) is 2.79. The fraction of sp³-hybridized carbons (Fsp3) is 0.308. The van der Waals surface area contributed by atoms with Crippen LogP contribution in [0.1, 0.15) is 22.8 Å². The van der Waals surface area contributed by atoms with Crippen molar-refractivity contribution >= 4 is 6.29 Å². The van der Waals surface area contributed by atoms with E-state index < -0.39 is 0 Å². The number of rotatable bonds is 3. The molecule has 2 rings (SSSR count). The minimum atomic E-state index is -0.0509. The van der Waals surface area contributed by atoms with Crippen LogP contribution >= 0.6 is 0 Å². The zero-order valence-corrected chi connectivity index (χ0v) is 9.45. The molecule has 0 bridgehead atoms. The summed E-state index contributed by atoms with van der Waals surface area (Å²) in [6.45, 7) is 5.80. The third kappa shape index (κ3) is 1.58. The van der Waals surface area contributed by atoms with Crippen molar-refractivity contribution in [3.63, 3.8) is 0 Å². The molecule has 0 fully saturated rings. The van der Waals surface area contributed by atoms with Crippen molar-refractivity contribution in [1.82, 2.24) is 0 Å². The fourth-order valence-electron chi connectivity index (χ4n) is 1.89. The molecule has 1 aliphatic rings. The highest BCUT2D eigenvalue weighted by Gasteiger charge is 2.28. The molecule has 1 atom stereocenters. The van der Waals surface area contributed by atoms with Gasteiger partial charge in [-0.1, -0.05) is 6.58 Å². The van der Waals surface area contributed by atoms with E-state index in [0.717, 1.165) is 29.6 Å². The number of carbonyl (C=O) groups excluding carboxylic acids is 1. The molecule has 0 aliphatic carbocycles. The molecule has 1 heterocycles. The van der Waals surface area contributed by atoms with E-state index in [-0.39, 0.29) is 6.10 Å². The monoisotopic (exact) mass is 218 g/mol. The predicted molar refractivity (Wildman–Crippen MR) is 61.3 cm³/mol. The van der Waals surface area contributed by atoms with Gasteiger partial charge >= 0.3 is 0 Å². The fourth-order valence-corrected chi connectivity index (χ4v) is 1.89. The summed E-state index contributed by atoms with van der Waals surface area (Å²) >= 11 is 0. The van der Waals surface area contributed by atoms with Crippen molar-refractivity contribution in [2.45, 2.75) is 19.4 Å². The first-order chi connectivity index (χ1) is 7.67. The summed E-state index contributed by atoms with van der Waals surface area (Å²) in [5.74, 6) is 1.41. The van der Waals surface area contributed by atoms with Crippen molar-refractivity contribution in [3.05, 3.63) is 35.4 Å². The van der Waals surface area contributed by atoms with Crippen LogP contribution in [0.5, 0.6) is 11.5 Å². The summed E-state index contributed by atoms with van der Waals surface area (Å²) in [5.41, 5.74) is 2.48. The van der Waals surface area contributed by atoms with Gasteiger partial charge in [-0.2, -0.15) is 0 Å². The van der Waals surface area contributed by atoms with Gasteiger partial charge in [-0.3, -0.25) is 4.79 Å². The highest BCUT2D eigenvalue weighted by molar-refractivity contribution is 5.81. The Morgan fingerprint density at radius 2 is 2.38 bits per heavy atom. The molecule has 1 aromatic rings. The van der Waals surface area contributed by atoms with Gasteiger partial charge in [0, 0.05) is 12.0 Å². The van der Waals surface area contributed by atoms with Crippen molar-refractivity contribution < 1.29 is 14.3 Å². The van der Waals surface area contributed by atoms with Crippen LogP contribution in [0.15, 0.2) is 24.3 Å². The van der Waals surface area contributed by atoms with Gasteiger partial charge in [0.1, 0.15) is 17.6 Å². The predicted octanol–water partition coefficient (Wildman–Crippen LogP) is 2.39. The molecule has 0 saturated carbocycles. The Balaban J connectivity index is 2.48.